The Hall–Kier alpha value is -1.71. The zero-order valence-electron chi connectivity index (χ0n) is 21.2. The molecule has 3 unspecified atom stereocenters. The van der Waals surface area contributed by atoms with Crippen LogP contribution in [0.15, 0.2) is 25.3 Å². The molecule has 3 heterocycles. The second kappa shape index (κ2) is 11.1. The number of alkyl halides is 1. The van der Waals surface area contributed by atoms with Gasteiger partial charge in [-0.05, 0) is 32.6 Å². The van der Waals surface area contributed by atoms with Gasteiger partial charge in [-0.2, -0.15) is 0 Å². The molecule has 1 N–H and O–H groups in total. The lowest BCUT2D eigenvalue weighted by atomic mass is 9.70. The Morgan fingerprint density at radius 2 is 2.03 bits per heavy atom. The summed E-state index contributed by atoms with van der Waals surface area (Å²) in [5.41, 5.74) is -1.18. The summed E-state index contributed by atoms with van der Waals surface area (Å²) in [5, 5.41) is 10.4. The fraction of sp³-hybridized carbons (Fsp3) is 0.731. The van der Waals surface area contributed by atoms with Crippen LogP contribution in [0.25, 0.3) is 0 Å². The van der Waals surface area contributed by atoms with E-state index in [2.05, 4.69) is 29.1 Å². The maximum absolute atomic E-state index is 14.2. The van der Waals surface area contributed by atoms with Crippen LogP contribution in [0.4, 0.5) is 0 Å². The number of carbonyl (C=O) groups excluding carboxylic acids is 3. The Morgan fingerprint density at radius 3 is 2.57 bits per heavy atom. The second-order valence-corrected chi connectivity index (χ2v) is 11.3. The van der Waals surface area contributed by atoms with Gasteiger partial charge in [-0.15, -0.1) is 13.2 Å². The number of likely N-dealkylation sites (tertiary alicyclic amines) is 1. The highest BCUT2D eigenvalue weighted by molar-refractivity contribution is 9.09. The largest absolute Gasteiger partial charge is 0.465 e. The van der Waals surface area contributed by atoms with Gasteiger partial charge in [0, 0.05) is 17.4 Å². The highest BCUT2D eigenvalue weighted by atomic mass is 79.9. The van der Waals surface area contributed by atoms with Gasteiger partial charge in [-0.1, -0.05) is 48.4 Å². The number of carbonyl (C=O) groups is 3. The molecule has 0 aromatic rings. The van der Waals surface area contributed by atoms with Gasteiger partial charge in [-0.25, -0.2) is 0 Å². The van der Waals surface area contributed by atoms with E-state index in [9.17, 15) is 19.5 Å². The first-order valence-electron chi connectivity index (χ1n) is 12.5. The lowest BCUT2D eigenvalue weighted by Crippen LogP contribution is -2.60. The first kappa shape index (κ1) is 27.9. The minimum atomic E-state index is -1.18. The van der Waals surface area contributed by atoms with Crippen molar-refractivity contribution in [3.8, 4) is 0 Å². The number of ether oxygens (including phenoxy) is 2. The predicted octanol–water partition coefficient (Wildman–Crippen LogP) is 2.68. The van der Waals surface area contributed by atoms with Crippen molar-refractivity contribution in [3.05, 3.63) is 25.3 Å². The third kappa shape index (κ3) is 4.60. The second-order valence-electron chi connectivity index (χ2n) is 10.2. The third-order valence-corrected chi connectivity index (χ3v) is 8.72. The Labute approximate surface area is 216 Å². The molecule has 9 heteroatoms. The van der Waals surface area contributed by atoms with Crippen LogP contribution >= 0.6 is 15.9 Å². The Morgan fingerprint density at radius 1 is 1.34 bits per heavy atom. The molecule has 2 amide bonds. The van der Waals surface area contributed by atoms with E-state index in [0.717, 1.165) is 0 Å². The number of rotatable bonds is 12. The molecule has 1 spiro atoms. The van der Waals surface area contributed by atoms with E-state index in [-0.39, 0.29) is 41.8 Å². The summed E-state index contributed by atoms with van der Waals surface area (Å²) in [5.74, 6) is -2.80. The molecule has 0 radical (unpaired) electrons. The van der Waals surface area contributed by atoms with Gasteiger partial charge in [0.2, 0.25) is 11.8 Å². The number of aliphatic hydroxyl groups excluding tert-OH is 1. The maximum Gasteiger partial charge on any atom is 0.312 e. The summed E-state index contributed by atoms with van der Waals surface area (Å²) in [6.07, 6.45) is 4.38. The number of nitrogens with zero attached hydrogens (tertiary/aromatic N) is 2. The van der Waals surface area contributed by atoms with Crippen LogP contribution < -0.4 is 0 Å². The average Bonchev–Trinajstić information content (AvgIpc) is 3.41. The number of hydrogen-bond acceptors (Lipinski definition) is 6. The number of halogens is 1. The lowest BCUT2D eigenvalue weighted by molar-refractivity contribution is -0.157. The van der Waals surface area contributed by atoms with Crippen LogP contribution in [0.2, 0.25) is 0 Å². The Kier molecular flexibility index (Phi) is 8.86. The zero-order valence-corrected chi connectivity index (χ0v) is 22.8. The highest BCUT2D eigenvalue weighted by Gasteiger charge is 2.77. The maximum atomic E-state index is 14.2. The quantitative estimate of drug-likeness (QED) is 0.172. The van der Waals surface area contributed by atoms with E-state index >= 15 is 0 Å². The molecule has 0 saturated carbocycles. The topological polar surface area (TPSA) is 96.4 Å². The highest BCUT2D eigenvalue weighted by Crippen LogP contribution is 2.61. The monoisotopic (exact) mass is 554 g/mol. The number of esters is 1. The molecule has 35 heavy (non-hydrogen) atoms. The van der Waals surface area contributed by atoms with Crippen molar-refractivity contribution in [1.29, 1.82) is 0 Å². The molecule has 0 aromatic heterocycles. The van der Waals surface area contributed by atoms with E-state index < -0.39 is 41.6 Å². The fourth-order valence-electron chi connectivity index (χ4n) is 5.98. The van der Waals surface area contributed by atoms with Crippen molar-refractivity contribution in [1.82, 2.24) is 9.80 Å². The summed E-state index contributed by atoms with van der Waals surface area (Å²) in [6, 6.07) is -1.67. The van der Waals surface area contributed by atoms with Crippen molar-refractivity contribution >= 4 is 33.7 Å². The summed E-state index contributed by atoms with van der Waals surface area (Å²) in [7, 11) is 0. The lowest BCUT2D eigenvalue weighted by Gasteiger charge is -2.41. The molecular formula is C26H39BrN2O6. The summed E-state index contributed by atoms with van der Waals surface area (Å²) in [4.78, 5) is 44.5. The molecule has 3 aliphatic rings. The van der Waals surface area contributed by atoms with Crippen LogP contribution in [0, 0.1) is 17.8 Å². The first-order chi connectivity index (χ1) is 16.6. The average molecular weight is 556 g/mol. The molecule has 196 valence electrons. The van der Waals surface area contributed by atoms with Crippen molar-refractivity contribution in [3.63, 3.8) is 0 Å². The van der Waals surface area contributed by atoms with Gasteiger partial charge >= 0.3 is 5.97 Å². The Bertz CT molecular complexity index is 850. The van der Waals surface area contributed by atoms with Crippen molar-refractivity contribution in [2.24, 2.45) is 17.8 Å². The Balaban J connectivity index is 2.11. The van der Waals surface area contributed by atoms with Crippen LogP contribution in [0.3, 0.4) is 0 Å². The number of amides is 2. The molecule has 3 rings (SSSR count). The van der Waals surface area contributed by atoms with Gasteiger partial charge in [0.15, 0.2) is 0 Å². The van der Waals surface area contributed by atoms with Crippen LogP contribution in [0.5, 0.6) is 0 Å². The van der Waals surface area contributed by atoms with Gasteiger partial charge in [0.25, 0.3) is 0 Å². The third-order valence-electron chi connectivity index (χ3n) is 7.88. The number of aliphatic hydroxyl groups is 1. The van der Waals surface area contributed by atoms with Crippen LogP contribution in [-0.4, -0.2) is 87.1 Å². The van der Waals surface area contributed by atoms with Gasteiger partial charge in [0.1, 0.15) is 11.6 Å². The minimum absolute atomic E-state index is 0.0589. The predicted molar refractivity (Wildman–Crippen MR) is 136 cm³/mol. The number of hydrogen-bond donors (Lipinski definition) is 1. The molecule has 8 nitrogen and oxygen atoms in total. The van der Waals surface area contributed by atoms with Gasteiger partial charge in [0.05, 0.1) is 37.2 Å². The minimum Gasteiger partial charge on any atom is -0.465 e. The van der Waals surface area contributed by atoms with E-state index in [0.29, 0.717) is 25.8 Å². The van der Waals surface area contributed by atoms with Gasteiger partial charge < -0.3 is 24.4 Å². The molecule has 3 fully saturated rings. The summed E-state index contributed by atoms with van der Waals surface area (Å²) >= 11 is 3.66. The van der Waals surface area contributed by atoms with E-state index in [1.54, 1.807) is 17.1 Å². The van der Waals surface area contributed by atoms with E-state index in [1.807, 2.05) is 27.7 Å². The van der Waals surface area contributed by atoms with Crippen molar-refractivity contribution in [2.75, 3.05) is 19.8 Å². The summed E-state index contributed by atoms with van der Waals surface area (Å²) in [6.45, 7) is 15.4. The molecule has 2 bridgehead atoms. The number of fused-ring (bicyclic) bond motifs is 1. The van der Waals surface area contributed by atoms with E-state index in [1.165, 1.54) is 4.90 Å². The fourth-order valence-corrected chi connectivity index (χ4v) is 6.92. The molecule has 0 aromatic carbocycles. The summed E-state index contributed by atoms with van der Waals surface area (Å²) < 4.78 is 12.0. The van der Waals surface area contributed by atoms with Crippen LogP contribution in [0.1, 0.15) is 47.0 Å². The van der Waals surface area contributed by atoms with Crippen LogP contribution in [-0.2, 0) is 23.9 Å². The molecule has 3 saturated heterocycles. The molecule has 3 aliphatic heterocycles. The molecule has 8 atom stereocenters. The molecular weight excluding hydrogens is 516 g/mol. The van der Waals surface area contributed by atoms with Crippen molar-refractivity contribution in [2.45, 2.75) is 81.6 Å². The molecule has 0 aliphatic carbocycles. The van der Waals surface area contributed by atoms with Gasteiger partial charge in [-0.3, -0.25) is 14.4 Å². The van der Waals surface area contributed by atoms with Crippen molar-refractivity contribution < 1.29 is 29.0 Å². The zero-order chi connectivity index (χ0) is 26.1. The normalized spacial score (nSPS) is 32.9. The smallest absolute Gasteiger partial charge is 0.312 e. The van der Waals surface area contributed by atoms with E-state index in [4.69, 9.17) is 9.47 Å². The standard InChI is InChI=1S/C26H39BrN2O6/c1-7-10-12-34-25(33)19-20-23(31)29(18(14-30)16(6)9-3)22(24(32)28(11-8-2)15(4)5)26(20)13-17(27)21(19)35-26/h7-8,15-22,30H,1-2,9-14H2,3-6H3/t16-,17?,18-,19-,20-,21-,22?,26?/m0/s1. The first-order valence-corrected chi connectivity index (χ1v) is 13.5. The SMILES string of the molecule is C=CCCOC(=O)[C@H]1[C@H]2C(=O)N([C@@H](CO)[C@@H](C)CC)C(C(=O)N(CC=C)C(C)C)C23CC(Br)[C@@H]1O3.